The number of alkyl carbamates (subject to hydrolysis) is 1. The third-order valence-electron chi connectivity index (χ3n) is 13.1. The van der Waals surface area contributed by atoms with Gasteiger partial charge in [-0.3, -0.25) is 14.4 Å². The van der Waals surface area contributed by atoms with Crippen LogP contribution in [0.15, 0.2) is 91.3 Å². The first-order valence-corrected chi connectivity index (χ1v) is 22.1. The maximum absolute atomic E-state index is 14.4. The summed E-state index contributed by atoms with van der Waals surface area (Å²) in [5.41, 5.74) is 6.50. The lowest BCUT2D eigenvalue weighted by molar-refractivity contribution is -0.139. The molecule has 330 valence electrons. The highest BCUT2D eigenvalue weighted by molar-refractivity contribution is 5.91. The minimum atomic E-state index is -0.765. The lowest BCUT2D eigenvalue weighted by Crippen LogP contribution is -2.51. The largest absolute Gasteiger partial charge is 0.453 e. The monoisotopic (exact) mass is 854 g/mol. The van der Waals surface area contributed by atoms with Gasteiger partial charge in [0.05, 0.1) is 49.6 Å². The molecule has 1 saturated carbocycles. The minimum absolute atomic E-state index is 0.0160. The van der Waals surface area contributed by atoms with E-state index in [1.807, 2.05) is 55.3 Å². The van der Waals surface area contributed by atoms with Crippen molar-refractivity contribution >= 4 is 23.8 Å². The van der Waals surface area contributed by atoms with Crippen LogP contribution in [0.1, 0.15) is 88.7 Å². The quantitative estimate of drug-likeness (QED) is 0.0883. The maximum atomic E-state index is 14.4. The second-order valence-electron chi connectivity index (χ2n) is 17.8. The van der Waals surface area contributed by atoms with Gasteiger partial charge in [-0.1, -0.05) is 99.6 Å². The van der Waals surface area contributed by atoms with Crippen LogP contribution in [0.25, 0.3) is 33.6 Å². The average Bonchev–Trinajstić information content (AvgIpc) is 3.57. The first-order chi connectivity index (χ1) is 30.4. The van der Waals surface area contributed by atoms with Crippen molar-refractivity contribution in [2.45, 2.75) is 83.6 Å². The summed E-state index contributed by atoms with van der Waals surface area (Å²) < 4.78 is 10.3. The molecule has 14 nitrogen and oxygen atoms in total. The fourth-order valence-corrected chi connectivity index (χ4v) is 9.16. The average molecular weight is 855 g/mol. The van der Waals surface area contributed by atoms with Gasteiger partial charge in [0.1, 0.15) is 23.7 Å². The standard InChI is InChI=1S/C49H58N8O6/c1-28(2)42(55-49(61)63-6)47(59)56-26-31(27-62-5)23-40(56)44-50-24-38(52-44)34-16-12-32(13-17-34)33-14-18-35(19-15-33)39-25-51-45(53-39)41-22-29(3)30(4)57(41)48(60)43(36-10-8-7-9-11-36)54-46(58)37-20-21-37/h7-19,24-25,28-31,37,40-43H,20-23,26-27H2,1-6H3,(H,50,52)(H,51,53)(H,54,58)(H,55,61)/t29-,30-,31+,40+,41+,42+,43-/m1/s1. The Kier molecular flexibility index (Phi) is 12.8. The molecule has 0 unspecified atom stereocenters. The molecule has 2 saturated heterocycles. The van der Waals surface area contributed by atoms with E-state index in [2.05, 4.69) is 83.0 Å². The summed E-state index contributed by atoms with van der Waals surface area (Å²) >= 11 is 0. The molecule has 14 heteroatoms. The van der Waals surface area contributed by atoms with E-state index in [1.165, 1.54) is 7.11 Å². The lowest BCUT2D eigenvalue weighted by Gasteiger charge is -2.32. The zero-order valence-corrected chi connectivity index (χ0v) is 36.8. The van der Waals surface area contributed by atoms with Crippen LogP contribution in [0.2, 0.25) is 0 Å². The summed E-state index contributed by atoms with van der Waals surface area (Å²) in [6, 6.07) is 24.0. The smallest absolute Gasteiger partial charge is 0.407 e. The van der Waals surface area contributed by atoms with Gasteiger partial charge in [-0.05, 0) is 72.3 Å². The summed E-state index contributed by atoms with van der Waals surface area (Å²) in [6.07, 6.45) is 6.15. The Morgan fingerprint density at radius 2 is 1.32 bits per heavy atom. The van der Waals surface area contributed by atoms with E-state index in [0.717, 1.165) is 64.3 Å². The molecular weight excluding hydrogens is 797 g/mol. The molecule has 0 radical (unpaired) electrons. The SMILES string of the molecule is COC[C@H]1C[C@@H](c2ncc(-c3ccc(-c4ccc(-c5cnc([C@@H]6C[C@@H](C)[C@@H](C)N6C(=O)[C@H](NC(=O)C6CC6)c6ccccc6)[nH]5)cc4)cc3)[nH]2)N(C(=O)[C@@H](NC(=O)OC)C(C)C)C1. The van der Waals surface area contributed by atoms with Gasteiger partial charge in [0.25, 0.3) is 5.91 Å². The molecule has 1 aliphatic carbocycles. The van der Waals surface area contributed by atoms with Gasteiger partial charge in [-0.2, -0.15) is 0 Å². The summed E-state index contributed by atoms with van der Waals surface area (Å²) in [4.78, 5) is 73.7. The number of H-pyrrole nitrogens is 2. The van der Waals surface area contributed by atoms with Crippen molar-refractivity contribution in [2.24, 2.45) is 23.7 Å². The van der Waals surface area contributed by atoms with Gasteiger partial charge >= 0.3 is 6.09 Å². The van der Waals surface area contributed by atoms with Crippen molar-refractivity contribution in [1.82, 2.24) is 40.4 Å². The first kappa shape index (κ1) is 43.4. The number of amides is 4. The predicted octanol–water partition coefficient (Wildman–Crippen LogP) is 7.62. The van der Waals surface area contributed by atoms with Crippen LogP contribution < -0.4 is 10.6 Å². The van der Waals surface area contributed by atoms with E-state index >= 15 is 0 Å². The van der Waals surface area contributed by atoms with Crippen LogP contribution in [-0.2, 0) is 23.9 Å². The number of carbonyl (C=O) groups is 4. The second kappa shape index (κ2) is 18.6. The number of likely N-dealkylation sites (tertiary alicyclic amines) is 2. The van der Waals surface area contributed by atoms with Gasteiger partial charge in [-0.15, -0.1) is 0 Å². The van der Waals surface area contributed by atoms with Crippen molar-refractivity contribution in [3.8, 4) is 33.6 Å². The molecule has 3 aromatic carbocycles. The topological polar surface area (TPSA) is 175 Å². The van der Waals surface area contributed by atoms with Crippen LogP contribution in [0, 0.1) is 23.7 Å². The van der Waals surface area contributed by atoms with E-state index in [0.29, 0.717) is 25.4 Å². The fraction of sp³-hybridized carbons (Fsp3) is 0.429. The van der Waals surface area contributed by atoms with Gasteiger partial charge in [-0.25, -0.2) is 14.8 Å². The Labute approximate surface area is 368 Å². The summed E-state index contributed by atoms with van der Waals surface area (Å²) in [5, 5.41) is 5.80. The predicted molar refractivity (Wildman–Crippen MR) is 239 cm³/mol. The highest BCUT2D eigenvalue weighted by Gasteiger charge is 2.45. The van der Waals surface area contributed by atoms with Crippen LogP contribution in [0.5, 0.6) is 0 Å². The number of imidazole rings is 2. The number of hydrogen-bond donors (Lipinski definition) is 4. The van der Waals surface area contributed by atoms with Gasteiger partial charge in [0, 0.05) is 31.5 Å². The molecule has 63 heavy (non-hydrogen) atoms. The molecule has 3 fully saturated rings. The number of ether oxygens (including phenoxy) is 2. The lowest BCUT2D eigenvalue weighted by atomic mass is 10.0. The zero-order valence-electron chi connectivity index (χ0n) is 36.8. The van der Waals surface area contributed by atoms with Crippen molar-refractivity contribution in [1.29, 1.82) is 0 Å². The van der Waals surface area contributed by atoms with Crippen LogP contribution in [0.3, 0.4) is 0 Å². The summed E-state index contributed by atoms with van der Waals surface area (Å²) in [7, 11) is 2.95. The molecule has 2 aromatic heterocycles. The van der Waals surface area contributed by atoms with E-state index in [-0.39, 0.29) is 59.5 Å². The number of aromatic amines is 2. The molecule has 7 atom stereocenters. The minimum Gasteiger partial charge on any atom is -0.453 e. The van der Waals surface area contributed by atoms with E-state index in [9.17, 15) is 19.2 Å². The molecule has 2 aliphatic heterocycles. The zero-order chi connectivity index (χ0) is 44.4. The van der Waals surface area contributed by atoms with Crippen molar-refractivity contribution < 1.29 is 28.7 Å². The normalized spacial score (nSPS) is 21.9. The van der Waals surface area contributed by atoms with Crippen molar-refractivity contribution in [2.75, 3.05) is 27.4 Å². The van der Waals surface area contributed by atoms with E-state index < -0.39 is 18.2 Å². The molecule has 3 aliphatic rings. The summed E-state index contributed by atoms with van der Waals surface area (Å²) in [5.74, 6) is 1.26. The molecule has 0 bridgehead atoms. The highest BCUT2D eigenvalue weighted by atomic mass is 16.5. The second-order valence-corrected chi connectivity index (χ2v) is 17.8. The maximum Gasteiger partial charge on any atom is 0.407 e. The number of methoxy groups -OCH3 is 2. The molecule has 8 rings (SSSR count). The van der Waals surface area contributed by atoms with Crippen molar-refractivity contribution in [3.63, 3.8) is 0 Å². The molecular formula is C49H58N8O6. The van der Waals surface area contributed by atoms with Gasteiger partial charge < -0.3 is 39.9 Å². The van der Waals surface area contributed by atoms with E-state index in [4.69, 9.17) is 19.4 Å². The Balaban J connectivity index is 0.953. The molecule has 4 N–H and O–H groups in total. The van der Waals surface area contributed by atoms with Crippen LogP contribution >= 0.6 is 0 Å². The van der Waals surface area contributed by atoms with Gasteiger partial charge in [0.2, 0.25) is 11.8 Å². The molecule has 5 aromatic rings. The van der Waals surface area contributed by atoms with Crippen LogP contribution in [-0.4, -0.2) is 93.0 Å². The Morgan fingerprint density at radius 3 is 1.86 bits per heavy atom. The number of hydrogen-bond acceptors (Lipinski definition) is 8. The fourth-order valence-electron chi connectivity index (χ4n) is 9.16. The van der Waals surface area contributed by atoms with Crippen LogP contribution in [0.4, 0.5) is 4.79 Å². The van der Waals surface area contributed by atoms with Gasteiger partial charge in [0.15, 0.2) is 0 Å². The molecule has 4 heterocycles. The number of aromatic nitrogens is 4. The Bertz CT molecular complexity index is 2390. The Hall–Kier alpha value is -6.28. The number of rotatable bonds is 14. The third kappa shape index (κ3) is 9.27. The third-order valence-corrected chi connectivity index (χ3v) is 13.1. The summed E-state index contributed by atoms with van der Waals surface area (Å²) in [6.45, 7) is 9.04. The first-order valence-electron chi connectivity index (χ1n) is 22.1. The molecule has 4 amide bonds. The molecule has 0 spiro atoms. The van der Waals surface area contributed by atoms with Crippen molar-refractivity contribution in [3.05, 3.63) is 108 Å². The number of nitrogens with one attached hydrogen (secondary N) is 4. The Morgan fingerprint density at radius 1 is 0.746 bits per heavy atom. The number of carbonyl (C=O) groups excluding carboxylic acids is 4. The number of benzene rings is 3. The van der Waals surface area contributed by atoms with E-state index in [1.54, 1.807) is 18.2 Å². The highest BCUT2D eigenvalue weighted by Crippen LogP contribution is 2.42. The number of nitrogens with zero attached hydrogens (tertiary/aromatic N) is 4.